The van der Waals surface area contributed by atoms with Gasteiger partial charge in [0.25, 0.3) is 0 Å². The largest absolute Gasteiger partial charge is 0.0811 e. The van der Waals surface area contributed by atoms with Gasteiger partial charge in [0.1, 0.15) is 0 Å². The summed E-state index contributed by atoms with van der Waals surface area (Å²) in [7, 11) is 1.96. The van der Waals surface area contributed by atoms with E-state index in [9.17, 15) is 0 Å². The lowest BCUT2D eigenvalue weighted by Gasteiger charge is -2.19. The minimum Gasteiger partial charge on any atom is -0.0811 e. The van der Waals surface area contributed by atoms with Gasteiger partial charge in [-0.2, -0.15) is 0 Å². The minimum absolute atomic E-state index is 0.0810. The van der Waals surface area contributed by atoms with Gasteiger partial charge in [-0.25, -0.2) is 0 Å². The van der Waals surface area contributed by atoms with Crippen LogP contribution in [0.4, 0.5) is 0 Å². The molecule has 0 bridgehead atoms. The van der Waals surface area contributed by atoms with E-state index < -0.39 is 0 Å². The maximum absolute atomic E-state index is 5.29. The van der Waals surface area contributed by atoms with E-state index in [0.717, 1.165) is 5.75 Å². The summed E-state index contributed by atoms with van der Waals surface area (Å²) >= 11 is 5.29. The molecule has 0 radical (unpaired) electrons. The van der Waals surface area contributed by atoms with Gasteiger partial charge in [-0.3, -0.25) is 0 Å². The van der Waals surface area contributed by atoms with E-state index >= 15 is 0 Å². The summed E-state index contributed by atoms with van der Waals surface area (Å²) in [6, 6.07) is 0. The van der Waals surface area contributed by atoms with Crippen molar-refractivity contribution >= 4 is 30.5 Å². The molecule has 1 heterocycles. The molecule has 0 saturated carbocycles. The van der Waals surface area contributed by atoms with E-state index in [1.165, 1.54) is 4.91 Å². The van der Waals surface area contributed by atoms with Crippen molar-refractivity contribution < 1.29 is 0 Å². The Hall–Kier alpha value is 0.660. The Balaban J connectivity index is 2.82. The first-order valence-electron chi connectivity index (χ1n) is 3.27. The van der Waals surface area contributed by atoms with E-state index in [1.807, 2.05) is 10.8 Å². The van der Waals surface area contributed by atoms with Gasteiger partial charge in [0.15, 0.2) is 0 Å². The smallest absolute Gasteiger partial charge is 0.0235 e. The van der Waals surface area contributed by atoms with E-state index in [0.29, 0.717) is 5.41 Å². The molecule has 0 nitrogen and oxygen atoms in total. The minimum atomic E-state index is 0.0810. The van der Waals surface area contributed by atoms with Crippen molar-refractivity contribution in [3.63, 3.8) is 0 Å². The lowest BCUT2D eigenvalue weighted by molar-refractivity contribution is 0.533. The van der Waals surface area contributed by atoms with E-state index in [2.05, 4.69) is 26.8 Å². The van der Waals surface area contributed by atoms with E-state index in [4.69, 9.17) is 11.2 Å². The van der Waals surface area contributed by atoms with Crippen LogP contribution in [0, 0.1) is 5.41 Å². The summed E-state index contributed by atoms with van der Waals surface area (Å²) < 4.78 is 0. The molecule has 0 N–H and O–H groups in total. The highest BCUT2D eigenvalue weighted by molar-refractivity contribution is 8.84. The van der Waals surface area contributed by atoms with Crippen molar-refractivity contribution in [2.45, 2.75) is 20.8 Å². The van der Waals surface area contributed by atoms with Crippen LogP contribution < -0.4 is 0 Å². The molecule has 58 valence electrons. The van der Waals surface area contributed by atoms with Gasteiger partial charge >= 0.3 is 0 Å². The van der Waals surface area contributed by atoms with Crippen LogP contribution in [0.15, 0.2) is 11.0 Å². The zero-order valence-corrected chi connectivity index (χ0v) is 8.96. The maximum atomic E-state index is 5.29. The molecule has 0 aromatic heterocycles. The Morgan fingerprint density at radius 3 is 2.40 bits per heavy atom. The maximum Gasteiger partial charge on any atom is 0.0235 e. The summed E-state index contributed by atoms with van der Waals surface area (Å²) in [6.45, 7) is 6.70. The molecule has 1 unspecified atom stereocenters. The standard InChI is InChI=1S/C7H12S3/c1-7(2,3)6-4-5-9-10(6)8/h4H,5H2,1-3H3. The van der Waals surface area contributed by atoms with Gasteiger partial charge in [-0.05, 0) is 25.1 Å². The normalized spacial score (nSPS) is 26.7. The van der Waals surface area contributed by atoms with Crippen LogP contribution in [0.3, 0.4) is 0 Å². The number of rotatable bonds is 0. The molecule has 0 aromatic rings. The zero-order chi connectivity index (χ0) is 7.78. The van der Waals surface area contributed by atoms with Gasteiger partial charge in [0.05, 0.1) is 0 Å². The molecule has 3 heteroatoms. The highest BCUT2D eigenvalue weighted by atomic mass is 33.3. The summed E-state index contributed by atoms with van der Waals surface area (Å²) in [5.41, 5.74) is 0.300. The molecule has 1 aliphatic heterocycles. The fraction of sp³-hybridized carbons (Fsp3) is 0.714. The monoisotopic (exact) mass is 192 g/mol. The Bertz CT molecular complexity index is 186. The zero-order valence-electron chi connectivity index (χ0n) is 6.51. The topological polar surface area (TPSA) is 0 Å². The Morgan fingerprint density at radius 2 is 2.20 bits per heavy atom. The third kappa shape index (κ3) is 1.83. The summed E-state index contributed by atoms with van der Waals surface area (Å²) in [5.74, 6) is 1.12. The number of allylic oxidation sites excluding steroid dienone is 1. The van der Waals surface area contributed by atoms with Crippen LogP contribution in [0.1, 0.15) is 20.8 Å². The molecule has 0 aliphatic carbocycles. The van der Waals surface area contributed by atoms with Crippen LogP contribution in [0.5, 0.6) is 0 Å². The lowest BCUT2D eigenvalue weighted by Crippen LogP contribution is -2.09. The van der Waals surface area contributed by atoms with Crippen molar-refractivity contribution in [1.82, 2.24) is 0 Å². The molecular formula is C7H12S3. The van der Waals surface area contributed by atoms with Crippen LogP contribution in [-0.4, -0.2) is 5.75 Å². The van der Waals surface area contributed by atoms with Gasteiger partial charge in [-0.1, -0.05) is 37.6 Å². The van der Waals surface area contributed by atoms with E-state index in [1.54, 1.807) is 0 Å². The predicted molar refractivity (Wildman–Crippen MR) is 54.7 cm³/mol. The average molecular weight is 192 g/mol. The molecular weight excluding hydrogens is 180 g/mol. The van der Waals surface area contributed by atoms with Gasteiger partial charge in [0.2, 0.25) is 0 Å². The Labute approximate surface area is 73.5 Å². The Morgan fingerprint density at radius 1 is 1.60 bits per heavy atom. The molecule has 0 spiro atoms. The van der Waals surface area contributed by atoms with Crippen molar-refractivity contribution in [3.05, 3.63) is 11.0 Å². The first-order valence-corrected chi connectivity index (χ1v) is 6.93. The molecule has 0 fully saturated rings. The third-order valence-corrected chi connectivity index (χ3v) is 6.01. The fourth-order valence-corrected chi connectivity index (χ4v) is 5.53. The predicted octanol–water partition coefficient (Wildman–Crippen LogP) is 2.66. The summed E-state index contributed by atoms with van der Waals surface area (Å²) in [5, 5.41) is 0. The first kappa shape index (κ1) is 8.75. The lowest BCUT2D eigenvalue weighted by atomic mass is 9.96. The molecule has 10 heavy (non-hydrogen) atoms. The van der Waals surface area contributed by atoms with Crippen LogP contribution in [0.25, 0.3) is 0 Å². The first-order chi connectivity index (χ1) is 4.52. The molecule has 0 amide bonds. The molecule has 1 aliphatic rings. The summed E-state index contributed by atoms with van der Waals surface area (Å²) in [4.78, 5) is 1.47. The molecule has 1 rings (SSSR count). The number of hydrogen-bond donors (Lipinski definition) is 0. The highest BCUT2D eigenvalue weighted by Gasteiger charge is 2.23. The molecule has 0 saturated heterocycles. The van der Waals surface area contributed by atoms with Crippen molar-refractivity contribution in [2.24, 2.45) is 5.41 Å². The fourth-order valence-electron chi connectivity index (χ4n) is 0.859. The van der Waals surface area contributed by atoms with Crippen molar-refractivity contribution in [3.8, 4) is 0 Å². The SMILES string of the molecule is CC(C)(C)C1=CCSS1=S. The van der Waals surface area contributed by atoms with Crippen LogP contribution in [-0.2, 0) is 19.7 Å². The van der Waals surface area contributed by atoms with Crippen LogP contribution >= 0.6 is 10.8 Å². The molecule has 0 aromatic carbocycles. The number of hydrogen-bond acceptors (Lipinski definition) is 2. The second-order valence-electron chi connectivity index (χ2n) is 3.34. The Kier molecular flexibility index (Phi) is 2.59. The third-order valence-electron chi connectivity index (χ3n) is 1.36. The van der Waals surface area contributed by atoms with Gasteiger partial charge < -0.3 is 0 Å². The van der Waals surface area contributed by atoms with Crippen LogP contribution in [0.2, 0.25) is 0 Å². The summed E-state index contributed by atoms with van der Waals surface area (Å²) in [6.07, 6.45) is 2.29. The highest BCUT2D eigenvalue weighted by Crippen LogP contribution is 2.37. The van der Waals surface area contributed by atoms with Gasteiger partial charge in [0, 0.05) is 10.7 Å². The average Bonchev–Trinajstić information content (AvgIpc) is 2.11. The second kappa shape index (κ2) is 2.95. The van der Waals surface area contributed by atoms with E-state index in [-0.39, 0.29) is 8.49 Å². The second-order valence-corrected chi connectivity index (χ2v) is 8.16. The van der Waals surface area contributed by atoms with Crippen molar-refractivity contribution in [2.75, 3.05) is 5.75 Å². The van der Waals surface area contributed by atoms with Gasteiger partial charge in [-0.15, -0.1) is 0 Å². The van der Waals surface area contributed by atoms with Crippen molar-refractivity contribution in [1.29, 1.82) is 0 Å². The molecule has 1 atom stereocenters. The quantitative estimate of drug-likeness (QED) is 0.541.